The van der Waals surface area contributed by atoms with E-state index in [0.29, 0.717) is 6.07 Å². The highest BCUT2D eigenvalue weighted by Gasteiger charge is 2.33. The quantitative estimate of drug-likeness (QED) is 0.660. The molecule has 0 spiro atoms. The van der Waals surface area contributed by atoms with Crippen molar-refractivity contribution in [3.63, 3.8) is 0 Å². The monoisotopic (exact) mass is 268 g/mol. The molecule has 0 radical (unpaired) electrons. The van der Waals surface area contributed by atoms with Gasteiger partial charge in [-0.3, -0.25) is 4.79 Å². The van der Waals surface area contributed by atoms with E-state index in [1.807, 2.05) is 0 Å². The summed E-state index contributed by atoms with van der Waals surface area (Å²) in [6, 6.07) is 1.60. The molecule has 1 aromatic rings. The SMILES string of the molecule is CN(CC(F)(F)F)C(=O)c1c(F)ccc(N)c1F. The van der Waals surface area contributed by atoms with Crippen molar-refractivity contribution < 1.29 is 26.7 Å². The van der Waals surface area contributed by atoms with Gasteiger partial charge in [-0.15, -0.1) is 0 Å². The number of rotatable bonds is 2. The van der Waals surface area contributed by atoms with Gasteiger partial charge in [0.25, 0.3) is 5.91 Å². The van der Waals surface area contributed by atoms with Crippen LogP contribution >= 0.6 is 0 Å². The van der Waals surface area contributed by atoms with Crippen LogP contribution in [0.25, 0.3) is 0 Å². The normalized spacial score (nSPS) is 11.4. The molecule has 8 heteroatoms. The van der Waals surface area contributed by atoms with Gasteiger partial charge in [0.2, 0.25) is 0 Å². The molecule has 0 atom stereocenters. The van der Waals surface area contributed by atoms with E-state index in [-0.39, 0.29) is 4.90 Å². The molecular weight excluding hydrogens is 259 g/mol. The summed E-state index contributed by atoms with van der Waals surface area (Å²) in [5.74, 6) is -4.05. The molecule has 0 saturated heterocycles. The molecule has 0 aliphatic carbocycles. The lowest BCUT2D eigenvalue weighted by Crippen LogP contribution is -2.36. The van der Waals surface area contributed by atoms with Crippen LogP contribution in [-0.2, 0) is 0 Å². The molecule has 100 valence electrons. The number of nitrogens with two attached hydrogens (primary N) is 1. The number of hydrogen-bond acceptors (Lipinski definition) is 2. The molecule has 1 aromatic carbocycles. The van der Waals surface area contributed by atoms with E-state index in [1.54, 1.807) is 0 Å². The Balaban J connectivity index is 3.08. The number of benzene rings is 1. The summed E-state index contributed by atoms with van der Waals surface area (Å²) in [7, 11) is 0.790. The highest BCUT2D eigenvalue weighted by molar-refractivity contribution is 5.95. The van der Waals surface area contributed by atoms with Crippen LogP contribution in [0.3, 0.4) is 0 Å². The largest absolute Gasteiger partial charge is 0.406 e. The third kappa shape index (κ3) is 3.08. The molecule has 0 aliphatic rings. The maximum Gasteiger partial charge on any atom is 0.406 e. The van der Waals surface area contributed by atoms with E-state index in [0.717, 1.165) is 13.1 Å². The Hall–Kier alpha value is -1.86. The maximum absolute atomic E-state index is 13.4. The number of nitrogen functional groups attached to an aromatic ring is 1. The van der Waals surface area contributed by atoms with Crippen molar-refractivity contribution in [2.75, 3.05) is 19.3 Å². The number of anilines is 1. The first-order valence-corrected chi connectivity index (χ1v) is 4.69. The summed E-state index contributed by atoms with van der Waals surface area (Å²) in [6.45, 7) is -1.61. The zero-order valence-corrected chi connectivity index (χ0v) is 9.18. The Morgan fingerprint density at radius 2 is 1.89 bits per heavy atom. The average Bonchev–Trinajstić information content (AvgIpc) is 2.21. The van der Waals surface area contributed by atoms with E-state index in [1.165, 1.54) is 0 Å². The van der Waals surface area contributed by atoms with Crippen LogP contribution < -0.4 is 5.73 Å². The summed E-state index contributed by atoms with van der Waals surface area (Å²) in [5, 5.41) is 0. The summed E-state index contributed by atoms with van der Waals surface area (Å²) < 4.78 is 62.8. The van der Waals surface area contributed by atoms with Crippen molar-refractivity contribution in [2.24, 2.45) is 0 Å². The number of carbonyl (C=O) groups is 1. The Bertz CT molecular complexity index is 472. The van der Waals surface area contributed by atoms with Crippen molar-refractivity contribution in [1.82, 2.24) is 4.90 Å². The molecule has 1 rings (SSSR count). The Morgan fingerprint density at radius 3 is 2.39 bits per heavy atom. The van der Waals surface area contributed by atoms with E-state index in [9.17, 15) is 26.7 Å². The van der Waals surface area contributed by atoms with Crippen LogP contribution in [-0.4, -0.2) is 30.6 Å². The Labute approximate surface area is 99.0 Å². The van der Waals surface area contributed by atoms with Gasteiger partial charge in [0, 0.05) is 7.05 Å². The minimum absolute atomic E-state index is 0.168. The van der Waals surface area contributed by atoms with Gasteiger partial charge >= 0.3 is 6.18 Å². The highest BCUT2D eigenvalue weighted by Crippen LogP contribution is 2.22. The lowest BCUT2D eigenvalue weighted by Gasteiger charge is -2.19. The summed E-state index contributed by atoms with van der Waals surface area (Å²) in [5.41, 5.74) is 3.51. The zero-order valence-electron chi connectivity index (χ0n) is 9.18. The van der Waals surface area contributed by atoms with Gasteiger partial charge in [0.15, 0.2) is 5.82 Å². The predicted octanol–water partition coefficient (Wildman–Crippen LogP) is 2.18. The third-order valence-corrected chi connectivity index (χ3v) is 2.10. The van der Waals surface area contributed by atoms with Crippen LogP contribution in [0.1, 0.15) is 10.4 Å². The predicted molar refractivity (Wildman–Crippen MR) is 53.8 cm³/mol. The average molecular weight is 268 g/mol. The second-order valence-corrected chi connectivity index (χ2v) is 3.60. The lowest BCUT2D eigenvalue weighted by atomic mass is 10.1. The fourth-order valence-corrected chi connectivity index (χ4v) is 1.30. The highest BCUT2D eigenvalue weighted by atomic mass is 19.4. The van der Waals surface area contributed by atoms with Crippen molar-refractivity contribution in [1.29, 1.82) is 0 Å². The molecule has 0 aromatic heterocycles. The minimum Gasteiger partial charge on any atom is -0.396 e. The Morgan fingerprint density at radius 1 is 1.33 bits per heavy atom. The maximum atomic E-state index is 13.4. The fourth-order valence-electron chi connectivity index (χ4n) is 1.30. The molecule has 0 saturated carbocycles. The van der Waals surface area contributed by atoms with Crippen LogP contribution in [0.15, 0.2) is 12.1 Å². The number of alkyl halides is 3. The molecule has 3 nitrogen and oxygen atoms in total. The standard InChI is InChI=1S/C10H9F5N2O/c1-17(4-10(13,14)15)9(18)7-5(11)2-3-6(16)8(7)12/h2-3H,4,16H2,1H3. The van der Waals surface area contributed by atoms with Crippen LogP contribution in [0.2, 0.25) is 0 Å². The lowest BCUT2D eigenvalue weighted by molar-refractivity contribution is -0.138. The van der Waals surface area contributed by atoms with E-state index < -0.39 is 41.5 Å². The second-order valence-electron chi connectivity index (χ2n) is 3.60. The molecular formula is C10H9F5N2O. The van der Waals surface area contributed by atoms with Crippen molar-refractivity contribution in [2.45, 2.75) is 6.18 Å². The van der Waals surface area contributed by atoms with Crippen molar-refractivity contribution in [3.8, 4) is 0 Å². The number of hydrogen-bond donors (Lipinski definition) is 1. The van der Waals surface area contributed by atoms with Crippen LogP contribution in [0.4, 0.5) is 27.6 Å². The summed E-state index contributed by atoms with van der Waals surface area (Å²) in [4.78, 5) is 11.7. The molecule has 18 heavy (non-hydrogen) atoms. The van der Waals surface area contributed by atoms with Crippen molar-refractivity contribution >= 4 is 11.6 Å². The first-order valence-electron chi connectivity index (χ1n) is 4.69. The van der Waals surface area contributed by atoms with Gasteiger partial charge < -0.3 is 10.6 Å². The van der Waals surface area contributed by atoms with Gasteiger partial charge in [-0.2, -0.15) is 13.2 Å². The number of amides is 1. The van der Waals surface area contributed by atoms with Crippen LogP contribution in [0.5, 0.6) is 0 Å². The molecule has 0 fully saturated rings. The second kappa shape index (κ2) is 4.79. The smallest absolute Gasteiger partial charge is 0.396 e. The van der Waals surface area contributed by atoms with Gasteiger partial charge in [-0.25, -0.2) is 8.78 Å². The summed E-state index contributed by atoms with van der Waals surface area (Å²) in [6.07, 6.45) is -4.66. The molecule has 1 amide bonds. The molecule has 0 aliphatic heterocycles. The van der Waals surface area contributed by atoms with E-state index in [4.69, 9.17) is 5.73 Å². The topological polar surface area (TPSA) is 46.3 Å². The molecule has 0 heterocycles. The number of nitrogens with zero attached hydrogens (tertiary/aromatic N) is 1. The van der Waals surface area contributed by atoms with Gasteiger partial charge in [-0.1, -0.05) is 0 Å². The Kier molecular flexibility index (Phi) is 3.78. The number of halogens is 5. The van der Waals surface area contributed by atoms with E-state index >= 15 is 0 Å². The van der Waals surface area contributed by atoms with E-state index in [2.05, 4.69) is 0 Å². The van der Waals surface area contributed by atoms with Gasteiger partial charge in [-0.05, 0) is 12.1 Å². The van der Waals surface area contributed by atoms with Gasteiger partial charge in [0.05, 0.1) is 5.69 Å². The first kappa shape index (κ1) is 14.2. The number of carbonyl (C=O) groups excluding carboxylic acids is 1. The third-order valence-electron chi connectivity index (χ3n) is 2.10. The molecule has 0 unspecified atom stereocenters. The summed E-state index contributed by atoms with van der Waals surface area (Å²) >= 11 is 0. The molecule has 0 bridgehead atoms. The zero-order chi connectivity index (χ0) is 14.1. The molecule has 2 N–H and O–H groups in total. The minimum atomic E-state index is -4.66. The first-order chi connectivity index (χ1) is 8.13. The fraction of sp³-hybridized carbons (Fsp3) is 0.300. The van der Waals surface area contributed by atoms with Crippen LogP contribution in [0, 0.1) is 11.6 Å². The van der Waals surface area contributed by atoms with Crippen molar-refractivity contribution in [3.05, 3.63) is 29.3 Å². The van der Waals surface area contributed by atoms with Gasteiger partial charge in [0.1, 0.15) is 17.9 Å².